The summed E-state index contributed by atoms with van der Waals surface area (Å²) in [6.07, 6.45) is 4.63. The number of fused-ring (bicyclic) bond motifs is 4. The molecule has 2 atom stereocenters. The number of hydrogen-bond acceptors (Lipinski definition) is 7. The number of carbonyl (C=O) groups is 1. The Hall–Kier alpha value is -4.80. The summed E-state index contributed by atoms with van der Waals surface area (Å²) in [5.41, 5.74) is 6.39. The number of nitrogens with zero attached hydrogens (tertiary/aromatic N) is 4. The summed E-state index contributed by atoms with van der Waals surface area (Å²) in [7, 11) is 1.65. The van der Waals surface area contributed by atoms with Gasteiger partial charge in [-0.25, -0.2) is 9.69 Å². The fraction of sp³-hybridized carbons (Fsp3) is 0.114. The summed E-state index contributed by atoms with van der Waals surface area (Å²) in [4.78, 5) is 14.0. The molecular weight excluding hydrogens is 650 g/mol. The van der Waals surface area contributed by atoms with Crippen molar-refractivity contribution < 1.29 is 14.3 Å². The van der Waals surface area contributed by atoms with Gasteiger partial charge in [-0.15, -0.1) is 0 Å². The fourth-order valence-electron chi connectivity index (χ4n) is 6.01. The van der Waals surface area contributed by atoms with Crippen molar-refractivity contribution in [2.24, 2.45) is 5.10 Å². The van der Waals surface area contributed by atoms with E-state index < -0.39 is 5.85 Å². The number of ether oxygens (including phenoxy) is 2. The van der Waals surface area contributed by atoms with Gasteiger partial charge in [0.05, 0.1) is 35.1 Å². The van der Waals surface area contributed by atoms with Gasteiger partial charge in [-0.05, 0) is 78.0 Å². The van der Waals surface area contributed by atoms with Crippen LogP contribution in [0.2, 0.25) is 0 Å². The average Bonchev–Trinajstić information content (AvgIpc) is 3.79. The number of carbonyl (C=O) groups excluding carboxylic acids is 1. The lowest BCUT2D eigenvalue weighted by Gasteiger charge is -2.45. The molecule has 0 saturated carbocycles. The van der Waals surface area contributed by atoms with Gasteiger partial charge >= 0.3 is 5.85 Å². The van der Waals surface area contributed by atoms with Crippen LogP contribution in [-0.4, -0.2) is 38.7 Å². The number of thioether (sulfide) groups is 1. The summed E-state index contributed by atoms with van der Waals surface area (Å²) in [5, 5.41) is 15.0. The highest BCUT2D eigenvalue weighted by molar-refractivity contribution is 9.10. The van der Waals surface area contributed by atoms with E-state index in [1.54, 1.807) is 7.11 Å². The SMILES string of the molecule is COc1ccc(-c2nn(-c3ccccc3)cc2/C=C2\SC(=O)NC23Oc2ccc(Br)cc2C2CC(c4ccccc4)=NN23)cc1. The van der Waals surface area contributed by atoms with Crippen molar-refractivity contribution in [3.8, 4) is 28.4 Å². The first-order valence-corrected chi connectivity index (χ1v) is 16.0. The predicted molar refractivity (Wildman–Crippen MR) is 179 cm³/mol. The van der Waals surface area contributed by atoms with Gasteiger partial charge < -0.3 is 9.47 Å². The van der Waals surface area contributed by atoms with Crippen molar-refractivity contribution in [1.82, 2.24) is 20.1 Å². The molecule has 1 saturated heterocycles. The van der Waals surface area contributed by atoms with Crippen LogP contribution in [0.15, 0.2) is 124 Å². The van der Waals surface area contributed by atoms with Crippen LogP contribution in [0.5, 0.6) is 11.5 Å². The topological polar surface area (TPSA) is 81.0 Å². The lowest BCUT2D eigenvalue weighted by molar-refractivity contribution is -0.0949. The van der Waals surface area contributed by atoms with E-state index in [9.17, 15) is 4.79 Å². The highest BCUT2D eigenvalue weighted by atomic mass is 79.9. The van der Waals surface area contributed by atoms with Gasteiger partial charge in [0.25, 0.3) is 5.24 Å². The number of hydrogen-bond donors (Lipinski definition) is 1. The zero-order chi connectivity index (χ0) is 30.5. The molecule has 45 heavy (non-hydrogen) atoms. The molecule has 1 aromatic heterocycles. The van der Waals surface area contributed by atoms with Crippen molar-refractivity contribution in [3.05, 3.63) is 135 Å². The number of amides is 1. The summed E-state index contributed by atoms with van der Waals surface area (Å²) in [5.74, 6) is 0.123. The van der Waals surface area contributed by atoms with E-state index in [0.29, 0.717) is 17.1 Å². The van der Waals surface area contributed by atoms with Crippen LogP contribution in [0.1, 0.15) is 29.2 Å². The largest absolute Gasteiger partial charge is 0.497 e. The van der Waals surface area contributed by atoms with E-state index in [4.69, 9.17) is 19.7 Å². The number of methoxy groups -OCH3 is 1. The zero-order valence-electron chi connectivity index (χ0n) is 24.1. The third-order valence-corrected chi connectivity index (χ3v) is 9.55. The van der Waals surface area contributed by atoms with Crippen molar-refractivity contribution in [1.29, 1.82) is 0 Å². The molecule has 1 amide bonds. The summed E-state index contributed by atoms with van der Waals surface area (Å²) in [6.45, 7) is 0. The van der Waals surface area contributed by atoms with Crippen LogP contribution >= 0.6 is 27.7 Å². The van der Waals surface area contributed by atoms with E-state index in [0.717, 1.165) is 61.3 Å². The first kappa shape index (κ1) is 27.7. The first-order chi connectivity index (χ1) is 22.0. The minimum Gasteiger partial charge on any atom is -0.497 e. The number of hydrazone groups is 1. The Kier molecular flexibility index (Phi) is 6.76. The van der Waals surface area contributed by atoms with Gasteiger partial charge in [0.2, 0.25) is 0 Å². The van der Waals surface area contributed by atoms with Crippen LogP contribution in [0.4, 0.5) is 4.79 Å². The Bertz CT molecular complexity index is 2000. The molecule has 222 valence electrons. The van der Waals surface area contributed by atoms with Crippen LogP contribution < -0.4 is 14.8 Å². The molecule has 3 aliphatic heterocycles. The minimum atomic E-state index is -1.34. The number of nitrogens with one attached hydrogen (secondary N) is 1. The maximum Gasteiger partial charge on any atom is 0.314 e. The molecule has 2 unspecified atom stereocenters. The molecular formula is C35H26BrN5O3S. The van der Waals surface area contributed by atoms with E-state index in [1.807, 2.05) is 107 Å². The van der Waals surface area contributed by atoms with E-state index in [1.165, 1.54) is 0 Å². The molecule has 0 aliphatic carbocycles. The predicted octanol–water partition coefficient (Wildman–Crippen LogP) is 8.01. The van der Waals surface area contributed by atoms with Gasteiger partial charge in [-0.2, -0.15) is 10.2 Å². The van der Waals surface area contributed by atoms with E-state index in [-0.39, 0.29) is 11.3 Å². The molecule has 3 aliphatic rings. The van der Waals surface area contributed by atoms with Gasteiger partial charge in [0.15, 0.2) is 0 Å². The number of rotatable bonds is 5. The highest BCUT2D eigenvalue weighted by Crippen LogP contribution is 2.53. The monoisotopic (exact) mass is 675 g/mol. The van der Waals surface area contributed by atoms with Crippen LogP contribution in [-0.2, 0) is 0 Å². The Morgan fingerprint density at radius 3 is 2.51 bits per heavy atom. The smallest absolute Gasteiger partial charge is 0.314 e. The second-order valence-electron chi connectivity index (χ2n) is 10.9. The second-order valence-corrected chi connectivity index (χ2v) is 12.8. The van der Waals surface area contributed by atoms with Gasteiger partial charge in [0.1, 0.15) is 11.5 Å². The van der Waals surface area contributed by atoms with E-state index in [2.05, 4.69) is 39.4 Å². The Labute approximate surface area is 272 Å². The van der Waals surface area contributed by atoms with Crippen molar-refractivity contribution >= 4 is 44.7 Å². The Balaban J connectivity index is 1.30. The number of aromatic nitrogens is 2. The van der Waals surface area contributed by atoms with E-state index >= 15 is 0 Å². The maximum atomic E-state index is 13.3. The molecule has 8 rings (SSSR count). The highest BCUT2D eigenvalue weighted by Gasteiger charge is 2.58. The van der Waals surface area contributed by atoms with Crippen molar-refractivity contribution in [2.75, 3.05) is 7.11 Å². The molecule has 1 fully saturated rings. The molecule has 10 heteroatoms. The number of benzene rings is 4. The normalized spacial score (nSPS) is 20.9. The zero-order valence-corrected chi connectivity index (χ0v) is 26.5. The molecule has 4 aromatic carbocycles. The van der Waals surface area contributed by atoms with Crippen molar-refractivity contribution in [3.63, 3.8) is 0 Å². The molecule has 1 spiro atoms. The van der Waals surface area contributed by atoms with Gasteiger partial charge in [0, 0.05) is 33.8 Å². The number of halogens is 1. The van der Waals surface area contributed by atoms with Gasteiger partial charge in [-0.1, -0.05) is 64.5 Å². The van der Waals surface area contributed by atoms with Crippen molar-refractivity contribution in [2.45, 2.75) is 18.3 Å². The van der Waals surface area contributed by atoms with Crippen LogP contribution in [0.3, 0.4) is 0 Å². The minimum absolute atomic E-state index is 0.156. The summed E-state index contributed by atoms with van der Waals surface area (Å²) >= 11 is 4.75. The molecule has 1 N–H and O–H groups in total. The van der Waals surface area contributed by atoms with Crippen LogP contribution in [0.25, 0.3) is 23.0 Å². The fourth-order valence-corrected chi connectivity index (χ4v) is 7.29. The maximum absolute atomic E-state index is 13.3. The standard InChI is InChI=1S/C35H26BrN5O3S/c1-43-27-15-12-23(13-16-27)33-24(21-40(39-33)26-10-6-3-7-11-26)18-32-35(37-34(42)45-32)41-30(28-19-25(36)14-17-31(28)44-35)20-29(38-41)22-8-4-2-5-9-22/h2-19,21,30H,20H2,1H3,(H,37,42)/b32-18-. The lowest BCUT2D eigenvalue weighted by Crippen LogP contribution is -2.61. The average molecular weight is 677 g/mol. The summed E-state index contributed by atoms with van der Waals surface area (Å²) < 4.78 is 15.0. The molecule has 0 bridgehead atoms. The Morgan fingerprint density at radius 2 is 1.76 bits per heavy atom. The molecule has 0 radical (unpaired) electrons. The molecule has 8 nitrogen and oxygen atoms in total. The second kappa shape index (κ2) is 11.0. The molecule has 4 heterocycles. The quantitative estimate of drug-likeness (QED) is 0.203. The Morgan fingerprint density at radius 1 is 1.00 bits per heavy atom. The van der Waals surface area contributed by atoms with Gasteiger partial charge in [-0.3, -0.25) is 10.1 Å². The third-order valence-electron chi connectivity index (χ3n) is 8.15. The first-order valence-electron chi connectivity index (χ1n) is 14.4. The van der Waals surface area contributed by atoms with Crippen LogP contribution in [0, 0.1) is 0 Å². The molecule has 5 aromatic rings. The lowest BCUT2D eigenvalue weighted by atomic mass is 9.95. The third kappa shape index (κ3) is 4.81. The number of para-hydroxylation sites is 1. The summed E-state index contributed by atoms with van der Waals surface area (Å²) in [6, 6.07) is 33.7.